The molecule has 1 aromatic carbocycles. The molecule has 2 heterocycles. The summed E-state index contributed by atoms with van der Waals surface area (Å²) in [4.78, 5) is 28.9. The highest BCUT2D eigenvalue weighted by Gasteiger charge is 2.16. The first kappa shape index (κ1) is 14.1. The number of thiazole rings is 1. The molecule has 0 aliphatic heterocycles. The highest BCUT2D eigenvalue weighted by molar-refractivity contribution is 7.22. The molecule has 2 aromatic heterocycles. The Balaban J connectivity index is 1.89. The molecule has 0 bridgehead atoms. The van der Waals surface area contributed by atoms with Gasteiger partial charge in [-0.25, -0.2) is 14.9 Å². The second-order valence-corrected chi connectivity index (χ2v) is 5.01. The number of benzene rings is 1. The number of carbonyl (C=O) groups is 1. The van der Waals surface area contributed by atoms with Crippen LogP contribution in [0.15, 0.2) is 23.0 Å². The average Bonchev–Trinajstić information content (AvgIpc) is 3.04. The molecule has 0 spiro atoms. The molecule has 0 aliphatic carbocycles. The van der Waals surface area contributed by atoms with E-state index >= 15 is 0 Å². The summed E-state index contributed by atoms with van der Waals surface area (Å²) in [6, 6.07) is 4.54. The van der Waals surface area contributed by atoms with Crippen LogP contribution < -0.4 is 15.7 Å². The summed E-state index contributed by atoms with van der Waals surface area (Å²) in [6.07, 6.45) is 0. The van der Waals surface area contributed by atoms with Gasteiger partial charge in [-0.1, -0.05) is 17.4 Å². The lowest BCUT2D eigenvalue weighted by Gasteiger charge is -2.03. The number of hydrogen-bond acceptors (Lipinski definition) is 6. The summed E-state index contributed by atoms with van der Waals surface area (Å²) in [5.74, 6) is -0.987. The molecular weight excluding hydrogens is 320 g/mol. The minimum atomic E-state index is -2.97. The first-order chi connectivity index (χ1) is 10.5. The van der Waals surface area contributed by atoms with Gasteiger partial charge in [0, 0.05) is 0 Å². The van der Waals surface area contributed by atoms with Gasteiger partial charge in [0.05, 0.1) is 4.70 Å². The lowest BCUT2D eigenvalue weighted by molar-refractivity contribution is -0.0489. The van der Waals surface area contributed by atoms with Crippen molar-refractivity contribution in [1.82, 2.24) is 20.2 Å². The van der Waals surface area contributed by atoms with E-state index < -0.39 is 18.2 Å². The standard InChI is InChI=1S/C11H7F2N5O3S/c12-9(13)21-4-2-1-3-5-6(4)14-11(22-5)16-8(19)7-15-10(20)18-17-7/h1-3,9H,(H,14,16,19)(H2,15,17,18,20). The Kier molecular flexibility index (Phi) is 3.55. The topological polar surface area (TPSA) is 113 Å². The molecule has 11 heteroatoms. The Morgan fingerprint density at radius 3 is 2.91 bits per heavy atom. The summed E-state index contributed by atoms with van der Waals surface area (Å²) < 4.78 is 29.6. The second-order valence-electron chi connectivity index (χ2n) is 3.98. The molecule has 3 N–H and O–H groups in total. The molecule has 0 unspecified atom stereocenters. The van der Waals surface area contributed by atoms with Gasteiger partial charge in [-0.2, -0.15) is 8.78 Å². The zero-order chi connectivity index (χ0) is 15.7. The Bertz CT molecular complexity index is 887. The zero-order valence-electron chi connectivity index (χ0n) is 10.6. The Hall–Kier alpha value is -2.82. The Morgan fingerprint density at radius 2 is 2.23 bits per heavy atom. The lowest BCUT2D eigenvalue weighted by Crippen LogP contribution is -2.14. The minimum absolute atomic E-state index is 0.0857. The smallest absolute Gasteiger partial charge is 0.387 e. The molecule has 3 rings (SSSR count). The van der Waals surface area contributed by atoms with E-state index in [4.69, 9.17) is 0 Å². The number of para-hydroxylation sites is 1. The molecule has 0 saturated carbocycles. The SMILES string of the molecule is O=C(Nc1nc2c(OC(F)F)cccc2s1)c1n[nH]c(=O)[nH]1. The number of nitrogens with one attached hydrogen (secondary N) is 3. The van der Waals surface area contributed by atoms with Crippen LogP contribution in [-0.4, -0.2) is 32.7 Å². The third-order valence-electron chi connectivity index (χ3n) is 2.53. The van der Waals surface area contributed by atoms with Gasteiger partial charge >= 0.3 is 12.3 Å². The van der Waals surface area contributed by atoms with Crippen molar-refractivity contribution >= 4 is 32.6 Å². The van der Waals surface area contributed by atoms with Crippen LogP contribution >= 0.6 is 11.3 Å². The first-order valence-electron chi connectivity index (χ1n) is 5.83. The number of carbonyl (C=O) groups excluding carboxylic acids is 1. The van der Waals surface area contributed by atoms with E-state index in [9.17, 15) is 18.4 Å². The predicted molar refractivity (Wildman–Crippen MR) is 73.4 cm³/mol. The fraction of sp³-hybridized carbons (Fsp3) is 0.0909. The molecule has 0 saturated heterocycles. The van der Waals surface area contributed by atoms with E-state index in [1.54, 1.807) is 6.07 Å². The fourth-order valence-electron chi connectivity index (χ4n) is 1.70. The van der Waals surface area contributed by atoms with Gasteiger partial charge in [0.1, 0.15) is 5.52 Å². The van der Waals surface area contributed by atoms with Gasteiger partial charge in [-0.15, -0.1) is 5.10 Å². The van der Waals surface area contributed by atoms with Crippen LogP contribution in [0.4, 0.5) is 13.9 Å². The maximum atomic E-state index is 12.3. The molecule has 0 atom stereocenters. The van der Waals surface area contributed by atoms with Gasteiger partial charge in [-0.3, -0.25) is 15.1 Å². The van der Waals surface area contributed by atoms with E-state index in [1.807, 2.05) is 0 Å². The van der Waals surface area contributed by atoms with Crippen molar-refractivity contribution in [3.8, 4) is 5.75 Å². The largest absolute Gasteiger partial charge is 0.432 e. The number of aromatic nitrogens is 4. The zero-order valence-corrected chi connectivity index (χ0v) is 11.4. The van der Waals surface area contributed by atoms with Crippen LogP contribution in [-0.2, 0) is 0 Å². The van der Waals surface area contributed by atoms with Crippen molar-refractivity contribution < 1.29 is 18.3 Å². The highest BCUT2D eigenvalue weighted by atomic mass is 32.1. The van der Waals surface area contributed by atoms with E-state index in [-0.39, 0.29) is 22.2 Å². The number of halogens is 2. The molecule has 1 amide bonds. The third-order valence-corrected chi connectivity index (χ3v) is 3.47. The molecule has 114 valence electrons. The summed E-state index contributed by atoms with van der Waals surface area (Å²) in [7, 11) is 0. The van der Waals surface area contributed by atoms with Crippen molar-refractivity contribution in [1.29, 1.82) is 0 Å². The number of amides is 1. The molecular formula is C11H7F2N5O3S. The summed E-state index contributed by atoms with van der Waals surface area (Å²) in [6.45, 7) is -2.97. The van der Waals surface area contributed by atoms with Crippen LogP contribution in [0.3, 0.4) is 0 Å². The number of H-pyrrole nitrogens is 2. The van der Waals surface area contributed by atoms with Gasteiger partial charge in [0.15, 0.2) is 10.9 Å². The van der Waals surface area contributed by atoms with Crippen LogP contribution in [0, 0.1) is 0 Å². The number of ether oxygens (including phenoxy) is 1. The van der Waals surface area contributed by atoms with Crippen LogP contribution in [0.5, 0.6) is 5.75 Å². The van der Waals surface area contributed by atoms with E-state index in [2.05, 4.69) is 30.2 Å². The Morgan fingerprint density at radius 1 is 1.41 bits per heavy atom. The molecule has 22 heavy (non-hydrogen) atoms. The third kappa shape index (κ3) is 2.79. The fourth-order valence-corrected chi connectivity index (χ4v) is 2.58. The second kappa shape index (κ2) is 5.52. The number of aromatic amines is 2. The summed E-state index contributed by atoms with van der Waals surface area (Å²) in [5.41, 5.74) is -0.416. The monoisotopic (exact) mass is 327 g/mol. The molecule has 3 aromatic rings. The van der Waals surface area contributed by atoms with Crippen molar-refractivity contribution in [2.75, 3.05) is 5.32 Å². The summed E-state index contributed by atoms with van der Waals surface area (Å²) in [5, 5.41) is 8.10. The average molecular weight is 327 g/mol. The van der Waals surface area contributed by atoms with Crippen molar-refractivity contribution in [3.63, 3.8) is 0 Å². The molecule has 0 radical (unpaired) electrons. The van der Waals surface area contributed by atoms with Crippen molar-refractivity contribution in [2.24, 2.45) is 0 Å². The first-order valence-corrected chi connectivity index (χ1v) is 6.65. The van der Waals surface area contributed by atoms with Gasteiger partial charge in [-0.05, 0) is 12.1 Å². The molecule has 0 aliphatic rings. The molecule has 0 fully saturated rings. The number of nitrogens with zero attached hydrogens (tertiary/aromatic N) is 2. The lowest BCUT2D eigenvalue weighted by atomic mass is 10.3. The number of anilines is 1. The maximum Gasteiger partial charge on any atom is 0.387 e. The van der Waals surface area contributed by atoms with E-state index in [1.165, 1.54) is 12.1 Å². The van der Waals surface area contributed by atoms with Gasteiger partial charge in [0.25, 0.3) is 5.91 Å². The van der Waals surface area contributed by atoms with Crippen LogP contribution in [0.2, 0.25) is 0 Å². The minimum Gasteiger partial charge on any atom is -0.432 e. The summed E-state index contributed by atoms with van der Waals surface area (Å²) >= 11 is 1.07. The van der Waals surface area contributed by atoms with Crippen LogP contribution in [0.1, 0.15) is 10.6 Å². The van der Waals surface area contributed by atoms with Crippen LogP contribution in [0.25, 0.3) is 10.2 Å². The highest BCUT2D eigenvalue weighted by Crippen LogP contribution is 2.33. The Labute approximate surface area is 124 Å². The van der Waals surface area contributed by atoms with Gasteiger partial charge in [0.2, 0.25) is 5.82 Å². The van der Waals surface area contributed by atoms with Crippen molar-refractivity contribution in [3.05, 3.63) is 34.5 Å². The normalized spacial score (nSPS) is 11.0. The quantitative estimate of drug-likeness (QED) is 0.673. The van der Waals surface area contributed by atoms with E-state index in [0.717, 1.165) is 11.3 Å². The van der Waals surface area contributed by atoms with Gasteiger partial charge < -0.3 is 4.74 Å². The number of fused-ring (bicyclic) bond motifs is 1. The number of alkyl halides is 2. The number of hydrogen-bond donors (Lipinski definition) is 3. The maximum absolute atomic E-state index is 12.3. The number of rotatable bonds is 4. The van der Waals surface area contributed by atoms with Crippen molar-refractivity contribution in [2.45, 2.75) is 6.61 Å². The molecule has 8 nitrogen and oxygen atoms in total. The van der Waals surface area contributed by atoms with E-state index in [0.29, 0.717) is 4.70 Å². The predicted octanol–water partition coefficient (Wildman–Crippen LogP) is 1.56.